The lowest BCUT2D eigenvalue weighted by Gasteiger charge is -2.13. The Labute approximate surface area is 130 Å². The summed E-state index contributed by atoms with van der Waals surface area (Å²) in [7, 11) is 0. The Kier molecular flexibility index (Phi) is 7.25. The number of rotatable bonds is 8. The zero-order valence-electron chi connectivity index (χ0n) is 11.9. The highest BCUT2D eigenvalue weighted by atomic mass is 35.5. The van der Waals surface area contributed by atoms with Crippen LogP contribution in [0.25, 0.3) is 0 Å². The molecule has 0 heterocycles. The maximum absolute atomic E-state index is 12.3. The number of hydrogen-bond donors (Lipinski definition) is 0. The second-order valence-electron chi connectivity index (χ2n) is 4.79. The lowest BCUT2D eigenvalue weighted by molar-refractivity contribution is 0.0951. The molecule has 0 N–H and O–H groups in total. The van der Waals surface area contributed by atoms with E-state index in [1.165, 1.54) is 0 Å². The SMILES string of the molecule is CCCC(Cl)C(=O)c1ccccc1C(=O)C(Cl)CCC. The maximum atomic E-state index is 12.3. The molecular formula is C16H20Cl2O2. The van der Waals surface area contributed by atoms with E-state index in [-0.39, 0.29) is 11.6 Å². The van der Waals surface area contributed by atoms with Crippen molar-refractivity contribution in [1.82, 2.24) is 0 Å². The number of ketones is 2. The van der Waals surface area contributed by atoms with Gasteiger partial charge in [0, 0.05) is 11.1 Å². The van der Waals surface area contributed by atoms with Crippen molar-refractivity contribution >= 4 is 34.8 Å². The first kappa shape index (κ1) is 17.2. The summed E-state index contributed by atoms with van der Waals surface area (Å²) in [5.74, 6) is -0.393. The van der Waals surface area contributed by atoms with Crippen LogP contribution >= 0.6 is 23.2 Å². The van der Waals surface area contributed by atoms with Crippen LogP contribution in [0.15, 0.2) is 24.3 Å². The summed E-state index contributed by atoms with van der Waals surface area (Å²) in [6.07, 6.45) is 2.85. The number of alkyl halides is 2. The first-order chi connectivity index (χ1) is 9.52. The molecule has 0 saturated carbocycles. The second kappa shape index (κ2) is 8.43. The molecule has 1 aromatic carbocycles. The monoisotopic (exact) mass is 314 g/mol. The van der Waals surface area contributed by atoms with Crippen LogP contribution in [0.5, 0.6) is 0 Å². The maximum Gasteiger partial charge on any atom is 0.181 e. The third-order valence-electron chi connectivity index (χ3n) is 3.11. The van der Waals surface area contributed by atoms with E-state index in [4.69, 9.17) is 23.2 Å². The van der Waals surface area contributed by atoms with Gasteiger partial charge in [0.15, 0.2) is 11.6 Å². The zero-order chi connectivity index (χ0) is 15.1. The first-order valence-electron chi connectivity index (χ1n) is 6.98. The summed E-state index contributed by atoms with van der Waals surface area (Å²) in [6.45, 7) is 3.94. The van der Waals surface area contributed by atoms with Crippen LogP contribution in [0.2, 0.25) is 0 Å². The molecule has 0 bridgehead atoms. The molecular weight excluding hydrogens is 295 g/mol. The van der Waals surface area contributed by atoms with E-state index in [1.807, 2.05) is 13.8 Å². The van der Waals surface area contributed by atoms with Gasteiger partial charge in [0.25, 0.3) is 0 Å². The molecule has 4 heteroatoms. The Morgan fingerprint density at radius 2 is 1.25 bits per heavy atom. The molecule has 2 nitrogen and oxygen atoms in total. The topological polar surface area (TPSA) is 34.1 Å². The van der Waals surface area contributed by atoms with Crippen LogP contribution in [-0.4, -0.2) is 22.3 Å². The number of Topliss-reactive ketones (excluding diaryl/α,β-unsaturated/α-hetero) is 2. The highest BCUT2D eigenvalue weighted by Gasteiger charge is 2.25. The fourth-order valence-corrected chi connectivity index (χ4v) is 2.69. The van der Waals surface area contributed by atoms with Crippen molar-refractivity contribution in [1.29, 1.82) is 0 Å². The molecule has 0 aromatic heterocycles. The quantitative estimate of drug-likeness (QED) is 0.507. The summed E-state index contributed by atoms with van der Waals surface area (Å²) in [5.41, 5.74) is 0.764. The van der Waals surface area contributed by atoms with Crippen molar-refractivity contribution < 1.29 is 9.59 Å². The Morgan fingerprint density at radius 1 is 0.900 bits per heavy atom. The van der Waals surface area contributed by atoms with Gasteiger partial charge >= 0.3 is 0 Å². The van der Waals surface area contributed by atoms with Crippen molar-refractivity contribution in [2.75, 3.05) is 0 Å². The van der Waals surface area contributed by atoms with Crippen LogP contribution in [0.4, 0.5) is 0 Å². The molecule has 0 aliphatic heterocycles. The fraction of sp³-hybridized carbons (Fsp3) is 0.500. The molecule has 0 radical (unpaired) electrons. The minimum atomic E-state index is -0.589. The predicted octanol–water partition coefficient (Wildman–Crippen LogP) is 4.87. The average Bonchev–Trinajstić information content (AvgIpc) is 2.46. The Balaban J connectivity index is 3.04. The van der Waals surface area contributed by atoms with Crippen LogP contribution < -0.4 is 0 Å². The highest BCUT2D eigenvalue weighted by Crippen LogP contribution is 2.21. The zero-order valence-corrected chi connectivity index (χ0v) is 13.4. The summed E-state index contributed by atoms with van der Waals surface area (Å²) < 4.78 is 0. The number of benzene rings is 1. The van der Waals surface area contributed by atoms with E-state index < -0.39 is 10.8 Å². The van der Waals surface area contributed by atoms with Crippen molar-refractivity contribution in [2.24, 2.45) is 0 Å². The van der Waals surface area contributed by atoms with Gasteiger partial charge in [-0.05, 0) is 12.8 Å². The standard InChI is InChI=1S/C16H20Cl2O2/c1-3-7-13(17)15(19)11-9-5-6-10-12(11)16(20)14(18)8-4-2/h5-6,9-10,13-14H,3-4,7-8H2,1-2H3. The van der Waals surface area contributed by atoms with Crippen LogP contribution in [0, 0.1) is 0 Å². The lowest BCUT2D eigenvalue weighted by Crippen LogP contribution is -2.22. The summed E-state index contributed by atoms with van der Waals surface area (Å²) in [6, 6.07) is 6.78. The van der Waals surface area contributed by atoms with E-state index in [0.29, 0.717) is 24.0 Å². The largest absolute Gasteiger partial charge is 0.292 e. The average molecular weight is 315 g/mol. The molecule has 0 aliphatic carbocycles. The molecule has 0 spiro atoms. The Morgan fingerprint density at radius 3 is 1.55 bits per heavy atom. The van der Waals surface area contributed by atoms with Crippen LogP contribution in [-0.2, 0) is 0 Å². The summed E-state index contributed by atoms with van der Waals surface area (Å²) in [4.78, 5) is 24.6. The molecule has 0 amide bonds. The Hall–Kier alpha value is -0.860. The molecule has 110 valence electrons. The number of halogens is 2. The van der Waals surface area contributed by atoms with Crippen LogP contribution in [0.1, 0.15) is 60.2 Å². The minimum Gasteiger partial charge on any atom is -0.292 e. The smallest absolute Gasteiger partial charge is 0.181 e. The van der Waals surface area contributed by atoms with Crippen molar-refractivity contribution in [3.8, 4) is 0 Å². The second-order valence-corrected chi connectivity index (χ2v) is 5.84. The van der Waals surface area contributed by atoms with E-state index >= 15 is 0 Å². The van der Waals surface area contributed by atoms with Gasteiger partial charge in [-0.1, -0.05) is 51.0 Å². The molecule has 0 aliphatic rings. The molecule has 2 atom stereocenters. The first-order valence-corrected chi connectivity index (χ1v) is 7.85. The lowest BCUT2D eigenvalue weighted by atomic mass is 9.95. The van der Waals surface area contributed by atoms with Crippen molar-refractivity contribution in [2.45, 2.75) is 50.3 Å². The normalized spacial score (nSPS) is 13.8. The van der Waals surface area contributed by atoms with E-state index in [2.05, 4.69) is 0 Å². The van der Waals surface area contributed by atoms with E-state index in [1.54, 1.807) is 24.3 Å². The molecule has 0 fully saturated rings. The van der Waals surface area contributed by atoms with Gasteiger partial charge in [-0.2, -0.15) is 0 Å². The van der Waals surface area contributed by atoms with E-state index in [0.717, 1.165) is 12.8 Å². The highest BCUT2D eigenvalue weighted by molar-refractivity contribution is 6.37. The van der Waals surface area contributed by atoms with Gasteiger partial charge < -0.3 is 0 Å². The van der Waals surface area contributed by atoms with Gasteiger partial charge in [-0.3, -0.25) is 9.59 Å². The number of carbonyl (C=O) groups excluding carboxylic acids is 2. The van der Waals surface area contributed by atoms with Gasteiger partial charge in [-0.25, -0.2) is 0 Å². The van der Waals surface area contributed by atoms with Gasteiger partial charge in [0.2, 0.25) is 0 Å². The third kappa shape index (κ3) is 4.32. The Bertz CT molecular complexity index is 428. The summed E-state index contributed by atoms with van der Waals surface area (Å²) in [5, 5.41) is -1.18. The van der Waals surface area contributed by atoms with Crippen LogP contribution in [0.3, 0.4) is 0 Å². The number of carbonyl (C=O) groups is 2. The third-order valence-corrected chi connectivity index (χ3v) is 3.94. The van der Waals surface area contributed by atoms with Crippen molar-refractivity contribution in [3.05, 3.63) is 35.4 Å². The molecule has 1 aromatic rings. The van der Waals surface area contributed by atoms with E-state index in [9.17, 15) is 9.59 Å². The van der Waals surface area contributed by atoms with Gasteiger partial charge in [0.1, 0.15) is 0 Å². The molecule has 1 rings (SSSR count). The number of hydrogen-bond acceptors (Lipinski definition) is 2. The van der Waals surface area contributed by atoms with Crippen molar-refractivity contribution in [3.63, 3.8) is 0 Å². The van der Waals surface area contributed by atoms with Gasteiger partial charge in [-0.15, -0.1) is 23.2 Å². The minimum absolute atomic E-state index is 0.196. The fourth-order valence-electron chi connectivity index (χ4n) is 2.02. The van der Waals surface area contributed by atoms with Gasteiger partial charge in [0.05, 0.1) is 10.8 Å². The molecule has 20 heavy (non-hydrogen) atoms. The molecule has 2 unspecified atom stereocenters. The predicted molar refractivity (Wildman–Crippen MR) is 84.2 cm³/mol. The summed E-state index contributed by atoms with van der Waals surface area (Å²) >= 11 is 12.2. The molecule has 0 saturated heterocycles.